The highest BCUT2D eigenvalue weighted by Crippen LogP contribution is 2.28. The van der Waals surface area contributed by atoms with Gasteiger partial charge in [0.05, 0.1) is 0 Å². The molecule has 1 nitrogen and oxygen atoms in total. The Morgan fingerprint density at radius 1 is 1.36 bits per heavy atom. The summed E-state index contributed by atoms with van der Waals surface area (Å²) in [5.74, 6) is 1.14. The van der Waals surface area contributed by atoms with E-state index in [1.54, 1.807) is 0 Å². The summed E-state index contributed by atoms with van der Waals surface area (Å²) < 4.78 is 0. The quantitative estimate of drug-likeness (QED) is 0.709. The fraction of sp³-hybridized carbons (Fsp3) is 1.00. The number of nitrogens with two attached hydrogens (primary N) is 1. The van der Waals surface area contributed by atoms with Gasteiger partial charge < -0.3 is 5.73 Å². The van der Waals surface area contributed by atoms with E-state index in [0.29, 0.717) is 6.04 Å². The van der Waals surface area contributed by atoms with Crippen LogP contribution in [0.5, 0.6) is 0 Å². The highest BCUT2D eigenvalue weighted by Gasteiger charge is 2.13. The van der Waals surface area contributed by atoms with Crippen molar-refractivity contribution in [1.82, 2.24) is 0 Å². The molecule has 1 rings (SSSR count). The van der Waals surface area contributed by atoms with Crippen LogP contribution in [0.25, 0.3) is 0 Å². The minimum Gasteiger partial charge on any atom is -0.327 e. The Bertz CT molecular complexity index is 97.7. The molecule has 0 aromatic rings. The normalized spacial score (nSPS) is 23.5. The smallest absolute Gasteiger partial charge is 0.0102 e. The van der Waals surface area contributed by atoms with Gasteiger partial charge in [-0.1, -0.05) is 19.3 Å². The second-order valence-electron chi connectivity index (χ2n) is 3.57. The number of rotatable bonds is 3. The summed E-state index contributed by atoms with van der Waals surface area (Å²) in [5, 5.41) is 0.926. The minimum absolute atomic E-state index is 0.377. The summed E-state index contributed by atoms with van der Waals surface area (Å²) in [7, 11) is 0. The van der Waals surface area contributed by atoms with Crippen LogP contribution in [0.4, 0.5) is 0 Å². The molecule has 0 aromatic carbocycles. The maximum absolute atomic E-state index is 5.69. The van der Waals surface area contributed by atoms with Gasteiger partial charge in [-0.05, 0) is 19.8 Å². The van der Waals surface area contributed by atoms with Crippen LogP contribution >= 0.6 is 11.8 Å². The number of hydrogen-bond acceptors (Lipinski definition) is 2. The van der Waals surface area contributed by atoms with Crippen LogP contribution < -0.4 is 5.73 Å². The molecule has 1 aliphatic rings. The Labute approximate surface area is 74.1 Å². The molecular formula is C9H19NS. The van der Waals surface area contributed by atoms with Crippen LogP contribution in [0.2, 0.25) is 0 Å². The average molecular weight is 173 g/mol. The summed E-state index contributed by atoms with van der Waals surface area (Å²) in [6, 6.07) is 0.377. The first-order valence-corrected chi connectivity index (χ1v) is 5.71. The van der Waals surface area contributed by atoms with Crippen molar-refractivity contribution >= 4 is 11.8 Å². The van der Waals surface area contributed by atoms with Crippen LogP contribution in [0.1, 0.15) is 39.0 Å². The maximum Gasteiger partial charge on any atom is 0.0102 e. The molecule has 0 bridgehead atoms. The Morgan fingerprint density at radius 2 is 2.00 bits per heavy atom. The summed E-state index contributed by atoms with van der Waals surface area (Å²) in [4.78, 5) is 0. The van der Waals surface area contributed by atoms with Crippen LogP contribution in [0.15, 0.2) is 0 Å². The zero-order valence-corrected chi connectivity index (χ0v) is 8.20. The first-order chi connectivity index (χ1) is 5.29. The molecule has 1 atom stereocenters. The molecule has 0 radical (unpaired) electrons. The number of hydrogen-bond donors (Lipinski definition) is 1. The summed E-state index contributed by atoms with van der Waals surface area (Å²) in [5.41, 5.74) is 5.69. The summed E-state index contributed by atoms with van der Waals surface area (Å²) >= 11 is 2.08. The van der Waals surface area contributed by atoms with Crippen molar-refractivity contribution in [3.63, 3.8) is 0 Å². The van der Waals surface area contributed by atoms with E-state index in [4.69, 9.17) is 5.73 Å². The van der Waals surface area contributed by atoms with Crippen LogP contribution in [0, 0.1) is 0 Å². The highest BCUT2D eigenvalue weighted by atomic mass is 32.2. The third kappa shape index (κ3) is 4.02. The van der Waals surface area contributed by atoms with Gasteiger partial charge in [0.15, 0.2) is 0 Å². The summed E-state index contributed by atoms with van der Waals surface area (Å²) in [6.07, 6.45) is 7.19. The molecule has 0 unspecified atom stereocenters. The lowest BCUT2D eigenvalue weighted by molar-refractivity contribution is 0.515. The molecule has 0 aromatic heterocycles. The first kappa shape index (κ1) is 9.40. The van der Waals surface area contributed by atoms with E-state index in [0.717, 1.165) is 11.0 Å². The maximum atomic E-state index is 5.69. The third-order valence-corrected chi connectivity index (χ3v) is 3.81. The Kier molecular flexibility index (Phi) is 4.31. The van der Waals surface area contributed by atoms with Crippen molar-refractivity contribution in [3.05, 3.63) is 0 Å². The largest absolute Gasteiger partial charge is 0.327 e. The van der Waals surface area contributed by atoms with Gasteiger partial charge in [-0.3, -0.25) is 0 Å². The van der Waals surface area contributed by atoms with Gasteiger partial charge in [0.1, 0.15) is 0 Å². The molecule has 66 valence electrons. The van der Waals surface area contributed by atoms with Crippen molar-refractivity contribution in [1.29, 1.82) is 0 Å². The van der Waals surface area contributed by atoms with Crippen LogP contribution in [-0.2, 0) is 0 Å². The van der Waals surface area contributed by atoms with Gasteiger partial charge in [-0.2, -0.15) is 11.8 Å². The molecule has 2 N–H and O–H groups in total. The molecule has 2 heteroatoms. The van der Waals surface area contributed by atoms with Gasteiger partial charge in [0.25, 0.3) is 0 Å². The topological polar surface area (TPSA) is 26.0 Å². The first-order valence-electron chi connectivity index (χ1n) is 4.66. The lowest BCUT2D eigenvalue weighted by Gasteiger charge is -2.21. The lowest BCUT2D eigenvalue weighted by atomic mass is 10.0. The Balaban J connectivity index is 2.05. The monoisotopic (exact) mass is 173 g/mol. The highest BCUT2D eigenvalue weighted by molar-refractivity contribution is 7.99. The third-order valence-electron chi connectivity index (χ3n) is 2.15. The Hall–Kier alpha value is 0.310. The Morgan fingerprint density at radius 3 is 2.55 bits per heavy atom. The predicted molar refractivity (Wildman–Crippen MR) is 53.0 cm³/mol. The van der Waals surface area contributed by atoms with Gasteiger partial charge in [0, 0.05) is 17.0 Å². The van der Waals surface area contributed by atoms with Crippen molar-refractivity contribution in [2.75, 3.05) is 5.75 Å². The molecule has 1 aliphatic carbocycles. The number of thioether (sulfide) groups is 1. The zero-order valence-electron chi connectivity index (χ0n) is 7.38. The van der Waals surface area contributed by atoms with Gasteiger partial charge in [-0.15, -0.1) is 0 Å². The SMILES string of the molecule is C[C@H](N)CSC1CCCCC1. The van der Waals surface area contributed by atoms with E-state index in [2.05, 4.69) is 18.7 Å². The molecule has 11 heavy (non-hydrogen) atoms. The van der Waals surface area contributed by atoms with E-state index in [1.165, 1.54) is 32.1 Å². The molecule has 0 spiro atoms. The zero-order chi connectivity index (χ0) is 8.10. The molecule has 0 heterocycles. The molecule has 1 fully saturated rings. The molecule has 0 saturated heterocycles. The van der Waals surface area contributed by atoms with E-state index in [9.17, 15) is 0 Å². The molecule has 0 amide bonds. The summed E-state index contributed by atoms with van der Waals surface area (Å²) in [6.45, 7) is 2.09. The van der Waals surface area contributed by atoms with E-state index < -0.39 is 0 Å². The second kappa shape index (κ2) is 5.04. The van der Waals surface area contributed by atoms with Crippen molar-refractivity contribution in [3.8, 4) is 0 Å². The van der Waals surface area contributed by atoms with Crippen molar-refractivity contribution in [2.24, 2.45) is 5.73 Å². The van der Waals surface area contributed by atoms with Crippen LogP contribution in [0.3, 0.4) is 0 Å². The second-order valence-corrected chi connectivity index (χ2v) is 4.90. The van der Waals surface area contributed by atoms with Crippen molar-refractivity contribution in [2.45, 2.75) is 50.3 Å². The molecular weight excluding hydrogens is 154 g/mol. The molecule has 0 aliphatic heterocycles. The minimum atomic E-state index is 0.377. The van der Waals surface area contributed by atoms with E-state index >= 15 is 0 Å². The van der Waals surface area contributed by atoms with E-state index in [1.807, 2.05) is 0 Å². The molecule has 1 saturated carbocycles. The van der Waals surface area contributed by atoms with Crippen LogP contribution in [-0.4, -0.2) is 17.0 Å². The fourth-order valence-electron chi connectivity index (χ4n) is 1.52. The van der Waals surface area contributed by atoms with Crippen molar-refractivity contribution < 1.29 is 0 Å². The van der Waals surface area contributed by atoms with Gasteiger partial charge in [-0.25, -0.2) is 0 Å². The fourth-order valence-corrected chi connectivity index (χ4v) is 2.76. The predicted octanol–water partition coefficient (Wildman–Crippen LogP) is 2.40. The van der Waals surface area contributed by atoms with Gasteiger partial charge in [0.2, 0.25) is 0 Å². The standard InChI is InChI=1S/C9H19NS/c1-8(10)7-11-9-5-3-2-4-6-9/h8-9H,2-7,10H2,1H3/t8-/m0/s1. The average Bonchev–Trinajstić information content (AvgIpc) is 2.03. The lowest BCUT2D eigenvalue weighted by Crippen LogP contribution is -2.20. The van der Waals surface area contributed by atoms with E-state index in [-0.39, 0.29) is 0 Å². The van der Waals surface area contributed by atoms with Gasteiger partial charge >= 0.3 is 0 Å².